The molecule has 0 unspecified atom stereocenters. The van der Waals surface area contributed by atoms with Crippen molar-refractivity contribution in [2.45, 2.75) is 32.4 Å². The normalized spacial score (nSPS) is 17.9. The van der Waals surface area contributed by atoms with Gasteiger partial charge in [0, 0.05) is 34.6 Å². The van der Waals surface area contributed by atoms with Crippen molar-refractivity contribution in [1.29, 1.82) is 0 Å². The zero-order valence-corrected chi connectivity index (χ0v) is 14.4. The first-order chi connectivity index (χ1) is 11.1. The number of hydrogen-bond donors (Lipinski definition) is 1. The molecule has 0 fully saturated rings. The molecule has 0 atom stereocenters. The molecule has 0 aliphatic heterocycles. The standard InChI is InChI=1S/C19H22O3S/c1-3-6-15-14(4-2)18(21)16-8-7-13(11-17(16)19(15)22)12-23-10-5-9-20/h4,6-8,11,20H,3,5,9-10,12H2,1-2H3/b14-4+,15-6+. The lowest BCUT2D eigenvalue weighted by molar-refractivity contribution is 0.0972. The second kappa shape index (κ2) is 8.27. The molecule has 1 aliphatic carbocycles. The third-order valence-corrected chi connectivity index (χ3v) is 4.88. The summed E-state index contributed by atoms with van der Waals surface area (Å²) in [5, 5.41) is 8.81. The van der Waals surface area contributed by atoms with Gasteiger partial charge in [-0.1, -0.05) is 25.1 Å². The van der Waals surface area contributed by atoms with Crippen LogP contribution in [0.2, 0.25) is 0 Å². The molecule has 3 nitrogen and oxygen atoms in total. The summed E-state index contributed by atoms with van der Waals surface area (Å²) in [5.41, 5.74) is 3.08. The van der Waals surface area contributed by atoms with Crippen LogP contribution in [-0.4, -0.2) is 29.0 Å². The van der Waals surface area contributed by atoms with Crippen LogP contribution in [-0.2, 0) is 5.75 Å². The van der Waals surface area contributed by atoms with Crippen molar-refractivity contribution in [1.82, 2.24) is 0 Å². The van der Waals surface area contributed by atoms with E-state index in [-0.39, 0.29) is 18.2 Å². The third-order valence-electron chi connectivity index (χ3n) is 3.77. The molecule has 0 aromatic heterocycles. The number of rotatable bonds is 6. The van der Waals surface area contributed by atoms with Crippen LogP contribution in [0.4, 0.5) is 0 Å². The van der Waals surface area contributed by atoms with Crippen LogP contribution in [0.1, 0.15) is 53.0 Å². The van der Waals surface area contributed by atoms with E-state index in [0.29, 0.717) is 22.3 Å². The predicted octanol–water partition coefficient (Wildman–Crippen LogP) is 3.96. The Morgan fingerprint density at radius 1 is 1.13 bits per heavy atom. The Hall–Kier alpha value is -1.65. The van der Waals surface area contributed by atoms with E-state index in [1.165, 1.54) is 0 Å². The highest BCUT2D eigenvalue weighted by molar-refractivity contribution is 7.98. The number of carbonyl (C=O) groups is 2. The fraction of sp³-hybridized carbons (Fsp3) is 0.368. The summed E-state index contributed by atoms with van der Waals surface area (Å²) in [6.07, 6.45) is 5.04. The fourth-order valence-electron chi connectivity index (χ4n) is 2.65. The summed E-state index contributed by atoms with van der Waals surface area (Å²) >= 11 is 1.72. The number of fused-ring (bicyclic) bond motifs is 1. The monoisotopic (exact) mass is 330 g/mol. The Morgan fingerprint density at radius 3 is 2.52 bits per heavy atom. The van der Waals surface area contributed by atoms with Crippen LogP contribution >= 0.6 is 11.8 Å². The lowest BCUT2D eigenvalue weighted by Crippen LogP contribution is -2.23. The maximum absolute atomic E-state index is 12.7. The highest BCUT2D eigenvalue weighted by Gasteiger charge is 2.31. The smallest absolute Gasteiger partial charge is 0.194 e. The quantitative estimate of drug-likeness (QED) is 0.633. The number of allylic oxidation sites excluding steroid dienone is 4. The van der Waals surface area contributed by atoms with Crippen LogP contribution in [0.25, 0.3) is 0 Å². The summed E-state index contributed by atoms with van der Waals surface area (Å²) in [7, 11) is 0. The number of aliphatic hydroxyl groups excluding tert-OH is 1. The van der Waals surface area contributed by atoms with Crippen molar-refractivity contribution in [3.8, 4) is 0 Å². The Labute approximate surface area is 141 Å². The highest BCUT2D eigenvalue weighted by Crippen LogP contribution is 2.31. The van der Waals surface area contributed by atoms with Crippen molar-refractivity contribution in [2.24, 2.45) is 0 Å². The summed E-state index contributed by atoms with van der Waals surface area (Å²) < 4.78 is 0. The van der Waals surface area contributed by atoms with Crippen molar-refractivity contribution < 1.29 is 14.7 Å². The van der Waals surface area contributed by atoms with E-state index in [0.717, 1.165) is 29.9 Å². The van der Waals surface area contributed by atoms with Gasteiger partial charge in [-0.3, -0.25) is 9.59 Å². The SMILES string of the molecule is C/C=C1/C(=O)c2ccc(CSCCCO)cc2C(=O)/C1=C/CC. The highest BCUT2D eigenvalue weighted by atomic mass is 32.2. The first kappa shape index (κ1) is 17.7. The number of ketones is 2. The van der Waals surface area contributed by atoms with Gasteiger partial charge in [-0.15, -0.1) is 0 Å². The first-order valence-electron chi connectivity index (χ1n) is 7.91. The van der Waals surface area contributed by atoms with E-state index in [2.05, 4.69) is 0 Å². The zero-order valence-electron chi connectivity index (χ0n) is 13.6. The number of Topliss-reactive ketones (excluding diaryl/α,β-unsaturated/α-hetero) is 2. The lowest BCUT2D eigenvalue weighted by atomic mass is 9.81. The van der Waals surface area contributed by atoms with E-state index < -0.39 is 0 Å². The summed E-state index contributed by atoms with van der Waals surface area (Å²) in [4.78, 5) is 25.3. The molecule has 0 saturated carbocycles. The zero-order chi connectivity index (χ0) is 16.8. The minimum Gasteiger partial charge on any atom is -0.396 e. The minimum atomic E-state index is -0.0683. The van der Waals surface area contributed by atoms with Gasteiger partial charge in [0.15, 0.2) is 11.6 Å². The molecule has 122 valence electrons. The van der Waals surface area contributed by atoms with Gasteiger partial charge in [0.1, 0.15) is 0 Å². The second-order valence-corrected chi connectivity index (χ2v) is 6.50. The van der Waals surface area contributed by atoms with E-state index in [4.69, 9.17) is 5.11 Å². The Morgan fingerprint density at radius 2 is 1.87 bits per heavy atom. The Balaban J connectivity index is 2.33. The van der Waals surface area contributed by atoms with Crippen LogP contribution in [0.5, 0.6) is 0 Å². The maximum Gasteiger partial charge on any atom is 0.194 e. The van der Waals surface area contributed by atoms with Crippen LogP contribution in [0, 0.1) is 0 Å². The van der Waals surface area contributed by atoms with Crippen LogP contribution in [0.3, 0.4) is 0 Å². The Bertz CT molecular complexity index is 671. The fourth-order valence-corrected chi connectivity index (χ4v) is 3.54. The largest absolute Gasteiger partial charge is 0.396 e. The summed E-state index contributed by atoms with van der Waals surface area (Å²) in [6.45, 7) is 3.95. The van der Waals surface area contributed by atoms with Crippen LogP contribution in [0.15, 0.2) is 41.5 Å². The van der Waals surface area contributed by atoms with Crippen molar-refractivity contribution >= 4 is 23.3 Å². The molecule has 4 heteroatoms. The van der Waals surface area contributed by atoms with Gasteiger partial charge in [0.05, 0.1) is 0 Å². The van der Waals surface area contributed by atoms with E-state index >= 15 is 0 Å². The van der Waals surface area contributed by atoms with Gasteiger partial charge in [0.2, 0.25) is 0 Å². The molecule has 1 N–H and O–H groups in total. The second-order valence-electron chi connectivity index (χ2n) is 5.40. The average molecular weight is 330 g/mol. The molecule has 0 spiro atoms. The molecule has 1 aliphatic rings. The van der Waals surface area contributed by atoms with Gasteiger partial charge >= 0.3 is 0 Å². The van der Waals surface area contributed by atoms with Crippen molar-refractivity contribution in [3.63, 3.8) is 0 Å². The van der Waals surface area contributed by atoms with E-state index in [1.54, 1.807) is 30.8 Å². The molecular weight excluding hydrogens is 308 g/mol. The van der Waals surface area contributed by atoms with Gasteiger partial charge in [-0.25, -0.2) is 0 Å². The summed E-state index contributed by atoms with van der Waals surface area (Å²) in [5.74, 6) is 1.53. The first-order valence-corrected chi connectivity index (χ1v) is 9.07. The van der Waals surface area contributed by atoms with Crippen molar-refractivity contribution in [2.75, 3.05) is 12.4 Å². The number of carbonyl (C=O) groups excluding carboxylic acids is 2. The van der Waals surface area contributed by atoms with Gasteiger partial charge in [-0.2, -0.15) is 11.8 Å². The number of thioether (sulfide) groups is 1. The van der Waals surface area contributed by atoms with E-state index in [1.807, 2.05) is 25.1 Å². The molecule has 0 saturated heterocycles. The van der Waals surface area contributed by atoms with Gasteiger partial charge in [-0.05, 0) is 43.2 Å². The number of aliphatic hydroxyl groups is 1. The lowest BCUT2D eigenvalue weighted by Gasteiger charge is -2.20. The van der Waals surface area contributed by atoms with E-state index in [9.17, 15) is 9.59 Å². The molecule has 0 radical (unpaired) electrons. The molecule has 1 aromatic carbocycles. The molecule has 2 rings (SSSR count). The molecule has 1 aromatic rings. The van der Waals surface area contributed by atoms with Gasteiger partial charge < -0.3 is 5.11 Å². The molecular formula is C19H22O3S. The topological polar surface area (TPSA) is 54.4 Å². The van der Waals surface area contributed by atoms with Crippen molar-refractivity contribution in [3.05, 3.63) is 58.2 Å². The number of benzene rings is 1. The Kier molecular flexibility index (Phi) is 6.37. The average Bonchev–Trinajstić information content (AvgIpc) is 2.56. The predicted molar refractivity (Wildman–Crippen MR) is 95.1 cm³/mol. The molecule has 0 amide bonds. The molecule has 0 heterocycles. The molecule has 0 bridgehead atoms. The molecule has 23 heavy (non-hydrogen) atoms. The maximum atomic E-state index is 12.7. The number of hydrogen-bond acceptors (Lipinski definition) is 4. The van der Waals surface area contributed by atoms with Gasteiger partial charge in [0.25, 0.3) is 0 Å². The van der Waals surface area contributed by atoms with Crippen LogP contribution < -0.4 is 0 Å². The minimum absolute atomic E-state index is 0.0586. The summed E-state index contributed by atoms with van der Waals surface area (Å²) in [6, 6.07) is 5.53. The third kappa shape index (κ3) is 3.82.